The van der Waals surface area contributed by atoms with E-state index < -0.39 is 0 Å². The first-order valence-electron chi connectivity index (χ1n) is 9.55. The van der Waals surface area contributed by atoms with E-state index in [0.29, 0.717) is 30.4 Å². The Hall–Kier alpha value is -2.83. The zero-order chi connectivity index (χ0) is 19.9. The second-order valence-electron chi connectivity index (χ2n) is 6.48. The minimum absolute atomic E-state index is 0. The average Bonchev–Trinajstić information content (AvgIpc) is 3.27. The van der Waals surface area contributed by atoms with Crippen molar-refractivity contribution in [2.45, 2.75) is 6.42 Å². The number of hydrogen-bond donors (Lipinski definition) is 1. The van der Waals surface area contributed by atoms with Crippen molar-refractivity contribution in [3.8, 4) is 11.6 Å². The molecule has 0 amide bonds. The number of anilines is 1. The maximum absolute atomic E-state index is 5.30. The summed E-state index contributed by atoms with van der Waals surface area (Å²) in [6.45, 7) is 4.07. The molecular formula is C19H24IN9O. The van der Waals surface area contributed by atoms with E-state index in [4.69, 9.17) is 4.52 Å². The van der Waals surface area contributed by atoms with Gasteiger partial charge in [-0.2, -0.15) is 4.98 Å². The highest BCUT2D eigenvalue weighted by Gasteiger charge is 2.21. The molecule has 0 spiro atoms. The molecule has 0 atom stereocenters. The van der Waals surface area contributed by atoms with Crippen LogP contribution in [0.25, 0.3) is 11.6 Å². The fraction of sp³-hybridized carbons (Fsp3) is 0.368. The van der Waals surface area contributed by atoms with Crippen LogP contribution in [0.4, 0.5) is 5.95 Å². The topological polar surface area (TPSA) is 108 Å². The quantitative estimate of drug-likeness (QED) is 0.304. The fourth-order valence-corrected chi connectivity index (χ4v) is 3.14. The number of pyridine rings is 1. The lowest BCUT2D eigenvalue weighted by atomic mass is 10.3. The number of nitrogens with zero attached hydrogens (tertiary/aromatic N) is 8. The van der Waals surface area contributed by atoms with Crippen LogP contribution >= 0.6 is 24.0 Å². The van der Waals surface area contributed by atoms with E-state index in [9.17, 15) is 0 Å². The number of rotatable bonds is 5. The number of nitrogens with one attached hydrogen (secondary N) is 1. The molecule has 0 aromatic carbocycles. The third-order valence-corrected chi connectivity index (χ3v) is 4.61. The second kappa shape index (κ2) is 10.8. The minimum atomic E-state index is 0. The van der Waals surface area contributed by atoms with E-state index in [0.717, 1.165) is 38.1 Å². The van der Waals surface area contributed by atoms with Gasteiger partial charge in [0.2, 0.25) is 5.95 Å². The number of aliphatic imine (C=N–C) groups is 1. The molecule has 11 heteroatoms. The summed E-state index contributed by atoms with van der Waals surface area (Å²) in [5.41, 5.74) is 0.676. The molecular weight excluding hydrogens is 497 g/mol. The molecule has 0 saturated carbocycles. The van der Waals surface area contributed by atoms with E-state index in [-0.39, 0.29) is 24.0 Å². The van der Waals surface area contributed by atoms with Crippen molar-refractivity contribution in [2.24, 2.45) is 4.99 Å². The lowest BCUT2D eigenvalue weighted by Gasteiger charge is -2.36. The summed E-state index contributed by atoms with van der Waals surface area (Å²) >= 11 is 0. The van der Waals surface area contributed by atoms with Gasteiger partial charge in [0.1, 0.15) is 5.69 Å². The van der Waals surface area contributed by atoms with Gasteiger partial charge in [0.05, 0.1) is 0 Å². The zero-order valence-corrected chi connectivity index (χ0v) is 19.0. The minimum Gasteiger partial charge on any atom is -0.356 e. The molecule has 0 bridgehead atoms. The number of piperazine rings is 1. The van der Waals surface area contributed by atoms with Gasteiger partial charge in [-0.3, -0.25) is 9.98 Å². The first-order valence-corrected chi connectivity index (χ1v) is 9.55. The largest absolute Gasteiger partial charge is 0.356 e. The van der Waals surface area contributed by atoms with Gasteiger partial charge in [-0.25, -0.2) is 9.97 Å². The number of hydrogen-bond acceptors (Lipinski definition) is 8. The normalized spacial score (nSPS) is 14.4. The molecule has 4 rings (SSSR count). The van der Waals surface area contributed by atoms with E-state index in [1.807, 2.05) is 24.3 Å². The van der Waals surface area contributed by atoms with Crippen LogP contribution in [-0.2, 0) is 6.42 Å². The smallest absolute Gasteiger partial charge is 0.276 e. The average molecular weight is 521 g/mol. The SMILES string of the molecule is CN=C(NCCc1noc(-c2ccccn2)n1)N1CCN(c2ncccn2)CC1.I. The Kier molecular flexibility index (Phi) is 7.88. The first-order chi connectivity index (χ1) is 14.3. The van der Waals surface area contributed by atoms with Gasteiger partial charge in [-0.05, 0) is 18.2 Å². The van der Waals surface area contributed by atoms with Crippen molar-refractivity contribution in [3.63, 3.8) is 0 Å². The van der Waals surface area contributed by atoms with E-state index in [1.54, 1.807) is 25.6 Å². The third kappa shape index (κ3) is 5.40. The van der Waals surface area contributed by atoms with Gasteiger partial charge in [0, 0.05) is 64.8 Å². The lowest BCUT2D eigenvalue weighted by molar-refractivity contribution is 0.370. The number of aromatic nitrogens is 5. The van der Waals surface area contributed by atoms with Crippen molar-refractivity contribution >= 4 is 35.9 Å². The molecule has 1 saturated heterocycles. The first kappa shape index (κ1) is 21.9. The van der Waals surface area contributed by atoms with Crippen molar-refractivity contribution in [1.82, 2.24) is 35.3 Å². The Balaban J connectivity index is 0.00000256. The summed E-state index contributed by atoms with van der Waals surface area (Å²) in [6.07, 6.45) is 5.88. The third-order valence-electron chi connectivity index (χ3n) is 4.61. The van der Waals surface area contributed by atoms with Crippen LogP contribution in [0.1, 0.15) is 5.82 Å². The van der Waals surface area contributed by atoms with Gasteiger partial charge in [-0.15, -0.1) is 24.0 Å². The summed E-state index contributed by atoms with van der Waals surface area (Å²) in [4.78, 5) is 26.1. The Bertz CT molecular complexity index is 927. The maximum Gasteiger partial charge on any atom is 0.276 e. The molecule has 10 nitrogen and oxygen atoms in total. The Morgan fingerprint density at radius 3 is 2.53 bits per heavy atom. The van der Waals surface area contributed by atoms with E-state index in [2.05, 4.69) is 45.2 Å². The van der Waals surface area contributed by atoms with Crippen LogP contribution in [-0.4, -0.2) is 75.7 Å². The number of halogens is 1. The van der Waals surface area contributed by atoms with Gasteiger partial charge in [-0.1, -0.05) is 11.2 Å². The van der Waals surface area contributed by atoms with Gasteiger partial charge >= 0.3 is 0 Å². The monoisotopic (exact) mass is 521 g/mol. The molecule has 0 aliphatic carbocycles. The molecule has 3 aromatic rings. The van der Waals surface area contributed by atoms with Crippen LogP contribution in [0.2, 0.25) is 0 Å². The van der Waals surface area contributed by atoms with Crippen LogP contribution in [0.5, 0.6) is 0 Å². The Morgan fingerprint density at radius 1 is 1.07 bits per heavy atom. The van der Waals surface area contributed by atoms with Crippen molar-refractivity contribution in [3.05, 3.63) is 48.7 Å². The molecule has 1 aliphatic rings. The highest BCUT2D eigenvalue weighted by Crippen LogP contribution is 2.13. The van der Waals surface area contributed by atoms with Gasteiger partial charge < -0.3 is 19.6 Å². The highest BCUT2D eigenvalue weighted by molar-refractivity contribution is 14.0. The highest BCUT2D eigenvalue weighted by atomic mass is 127. The number of guanidine groups is 1. The summed E-state index contributed by atoms with van der Waals surface area (Å²) in [5, 5.41) is 7.41. The molecule has 4 heterocycles. The lowest BCUT2D eigenvalue weighted by Crippen LogP contribution is -2.53. The summed E-state index contributed by atoms with van der Waals surface area (Å²) in [6, 6.07) is 7.41. The summed E-state index contributed by atoms with van der Waals surface area (Å²) < 4.78 is 5.30. The molecule has 0 unspecified atom stereocenters. The molecule has 158 valence electrons. The molecule has 0 radical (unpaired) electrons. The fourth-order valence-electron chi connectivity index (χ4n) is 3.14. The molecule has 1 fully saturated rings. The van der Waals surface area contributed by atoms with Crippen LogP contribution < -0.4 is 10.2 Å². The standard InChI is InChI=1S/C19H23N9O.HI/c1-20-18(27-11-13-28(14-12-27)19-22-8-4-9-23-19)24-10-6-16-25-17(29-26-16)15-5-2-3-7-21-15;/h2-5,7-9H,6,10-14H2,1H3,(H,20,24);1H. The summed E-state index contributed by atoms with van der Waals surface area (Å²) in [7, 11) is 1.79. The predicted molar refractivity (Wildman–Crippen MR) is 124 cm³/mol. The van der Waals surface area contributed by atoms with Crippen LogP contribution in [0, 0.1) is 0 Å². The second-order valence-corrected chi connectivity index (χ2v) is 6.48. The van der Waals surface area contributed by atoms with E-state index >= 15 is 0 Å². The van der Waals surface area contributed by atoms with Crippen LogP contribution in [0.3, 0.4) is 0 Å². The summed E-state index contributed by atoms with van der Waals surface area (Å²) in [5.74, 6) is 2.71. The zero-order valence-electron chi connectivity index (χ0n) is 16.7. The van der Waals surface area contributed by atoms with Crippen molar-refractivity contribution < 1.29 is 4.52 Å². The van der Waals surface area contributed by atoms with Gasteiger partial charge in [0.25, 0.3) is 5.89 Å². The Labute approximate surface area is 191 Å². The molecule has 1 aliphatic heterocycles. The van der Waals surface area contributed by atoms with Crippen LogP contribution in [0.15, 0.2) is 52.4 Å². The molecule has 1 N–H and O–H groups in total. The van der Waals surface area contributed by atoms with Crippen molar-refractivity contribution in [2.75, 3.05) is 44.7 Å². The van der Waals surface area contributed by atoms with Gasteiger partial charge in [0.15, 0.2) is 11.8 Å². The van der Waals surface area contributed by atoms with Crippen molar-refractivity contribution in [1.29, 1.82) is 0 Å². The predicted octanol–water partition coefficient (Wildman–Crippen LogP) is 1.48. The molecule has 3 aromatic heterocycles. The van der Waals surface area contributed by atoms with E-state index in [1.165, 1.54) is 0 Å². The molecule has 30 heavy (non-hydrogen) atoms. The Morgan fingerprint density at radius 2 is 1.83 bits per heavy atom. The maximum atomic E-state index is 5.30.